The van der Waals surface area contributed by atoms with Gasteiger partial charge < -0.3 is 14.8 Å². The molecule has 0 unspecified atom stereocenters. The second-order valence-electron chi connectivity index (χ2n) is 6.07. The lowest BCUT2D eigenvalue weighted by atomic mass is 10.2. The summed E-state index contributed by atoms with van der Waals surface area (Å²) >= 11 is 0. The quantitative estimate of drug-likeness (QED) is 0.652. The van der Waals surface area contributed by atoms with E-state index in [0.717, 1.165) is 11.1 Å². The topological polar surface area (TPSA) is 89.2 Å². The summed E-state index contributed by atoms with van der Waals surface area (Å²) in [5.41, 5.74) is 2.52. The molecule has 0 saturated heterocycles. The molecule has 2 aromatic carbocycles. The van der Waals surface area contributed by atoms with Gasteiger partial charge in [0.25, 0.3) is 5.91 Å². The number of hydrogen-bond acceptors (Lipinski definition) is 5. The van der Waals surface area contributed by atoms with Crippen LogP contribution in [-0.4, -0.2) is 29.4 Å². The van der Waals surface area contributed by atoms with Gasteiger partial charge in [-0.25, -0.2) is 0 Å². The van der Waals surface area contributed by atoms with Crippen molar-refractivity contribution < 1.29 is 14.3 Å². The molecule has 1 amide bonds. The fourth-order valence-corrected chi connectivity index (χ4v) is 2.61. The Morgan fingerprint density at radius 1 is 1.18 bits per heavy atom. The molecule has 1 N–H and O–H groups in total. The number of methoxy groups -OCH3 is 1. The summed E-state index contributed by atoms with van der Waals surface area (Å²) in [6.45, 7) is 0.887. The second-order valence-corrected chi connectivity index (χ2v) is 6.07. The van der Waals surface area contributed by atoms with Gasteiger partial charge >= 0.3 is 0 Å². The Morgan fingerprint density at radius 3 is 2.75 bits per heavy atom. The van der Waals surface area contributed by atoms with E-state index in [1.807, 2.05) is 47.3 Å². The third kappa shape index (κ3) is 5.11. The molecule has 7 heteroatoms. The summed E-state index contributed by atoms with van der Waals surface area (Å²) in [6.07, 6.45) is 3.63. The number of carbonyl (C=O) groups excluding carboxylic acids is 1. The summed E-state index contributed by atoms with van der Waals surface area (Å²) in [7, 11) is 1.48. The van der Waals surface area contributed by atoms with Gasteiger partial charge in [0.05, 0.1) is 31.5 Å². The lowest BCUT2D eigenvalue weighted by molar-refractivity contribution is -0.123. The van der Waals surface area contributed by atoms with E-state index in [9.17, 15) is 4.79 Å². The summed E-state index contributed by atoms with van der Waals surface area (Å²) in [5.74, 6) is 0.559. The number of benzene rings is 2. The number of nitrogens with one attached hydrogen (secondary N) is 1. The average molecular weight is 376 g/mol. The minimum absolute atomic E-state index is 0.152. The molecule has 0 fully saturated rings. The van der Waals surface area contributed by atoms with Crippen LogP contribution in [0.4, 0.5) is 0 Å². The van der Waals surface area contributed by atoms with Crippen molar-refractivity contribution in [3.63, 3.8) is 0 Å². The Balaban J connectivity index is 1.48. The molecule has 0 radical (unpaired) electrons. The fourth-order valence-electron chi connectivity index (χ4n) is 2.61. The first kappa shape index (κ1) is 19.0. The number of aromatic nitrogens is 2. The van der Waals surface area contributed by atoms with Crippen molar-refractivity contribution in [3.05, 3.63) is 77.6 Å². The maximum atomic E-state index is 12.1. The lowest BCUT2D eigenvalue weighted by Crippen LogP contribution is -2.28. The molecule has 0 aliphatic carbocycles. The van der Waals surface area contributed by atoms with E-state index in [1.54, 1.807) is 24.4 Å². The van der Waals surface area contributed by atoms with E-state index in [0.29, 0.717) is 30.2 Å². The van der Waals surface area contributed by atoms with E-state index in [1.165, 1.54) is 7.11 Å². The maximum absolute atomic E-state index is 12.1. The highest BCUT2D eigenvalue weighted by Crippen LogP contribution is 2.27. The zero-order chi connectivity index (χ0) is 19.8. The van der Waals surface area contributed by atoms with Crippen LogP contribution in [0.1, 0.15) is 16.7 Å². The molecule has 3 rings (SSSR count). The molecule has 0 aliphatic rings. The Morgan fingerprint density at radius 2 is 2.00 bits per heavy atom. The number of ether oxygens (including phenoxy) is 2. The van der Waals surface area contributed by atoms with Gasteiger partial charge in [0, 0.05) is 24.4 Å². The van der Waals surface area contributed by atoms with Crippen molar-refractivity contribution in [1.82, 2.24) is 15.1 Å². The number of nitrogens with zero attached hydrogens (tertiary/aromatic N) is 3. The molecule has 0 spiro atoms. The molecule has 3 aromatic rings. The highest BCUT2D eigenvalue weighted by atomic mass is 16.5. The van der Waals surface area contributed by atoms with E-state index in [4.69, 9.17) is 14.7 Å². The van der Waals surface area contributed by atoms with Crippen molar-refractivity contribution in [2.24, 2.45) is 0 Å². The van der Waals surface area contributed by atoms with Crippen LogP contribution in [-0.2, 0) is 17.9 Å². The van der Waals surface area contributed by atoms with Gasteiger partial charge in [-0.3, -0.25) is 9.48 Å². The first-order valence-corrected chi connectivity index (χ1v) is 8.71. The van der Waals surface area contributed by atoms with Crippen molar-refractivity contribution in [2.75, 3.05) is 13.7 Å². The van der Waals surface area contributed by atoms with Crippen LogP contribution in [0.25, 0.3) is 0 Å². The zero-order valence-electron chi connectivity index (χ0n) is 15.5. The fraction of sp³-hybridized carbons (Fsp3) is 0.190. The van der Waals surface area contributed by atoms with Gasteiger partial charge in [-0.1, -0.05) is 30.3 Å². The van der Waals surface area contributed by atoms with Crippen LogP contribution in [0.5, 0.6) is 11.5 Å². The van der Waals surface area contributed by atoms with Crippen molar-refractivity contribution in [1.29, 1.82) is 5.26 Å². The number of nitriles is 1. The van der Waals surface area contributed by atoms with Crippen molar-refractivity contribution in [2.45, 2.75) is 13.1 Å². The van der Waals surface area contributed by atoms with Crippen LogP contribution in [0.2, 0.25) is 0 Å². The Kier molecular flexibility index (Phi) is 6.26. The van der Waals surface area contributed by atoms with E-state index in [-0.39, 0.29) is 12.5 Å². The summed E-state index contributed by atoms with van der Waals surface area (Å²) in [5, 5.41) is 16.0. The third-order valence-corrected chi connectivity index (χ3v) is 4.02. The van der Waals surface area contributed by atoms with Crippen LogP contribution in [0.3, 0.4) is 0 Å². The van der Waals surface area contributed by atoms with Crippen LogP contribution >= 0.6 is 0 Å². The summed E-state index contributed by atoms with van der Waals surface area (Å²) < 4.78 is 12.5. The van der Waals surface area contributed by atoms with E-state index >= 15 is 0 Å². The second kappa shape index (κ2) is 9.24. The first-order valence-electron chi connectivity index (χ1n) is 8.71. The normalized spacial score (nSPS) is 10.1. The number of hydrogen-bond donors (Lipinski definition) is 1. The van der Waals surface area contributed by atoms with Crippen molar-refractivity contribution in [3.8, 4) is 17.6 Å². The van der Waals surface area contributed by atoms with Gasteiger partial charge in [0.2, 0.25) is 0 Å². The summed E-state index contributed by atoms with van der Waals surface area (Å²) in [6, 6.07) is 16.8. The zero-order valence-corrected chi connectivity index (χ0v) is 15.5. The standard InChI is InChI=1S/C21H20N4O3/c1-27-20-9-17(10-22)7-8-19(20)28-15-21(26)23-11-18-12-24-25(14-18)13-16-5-3-2-4-6-16/h2-9,12,14H,11,13,15H2,1H3,(H,23,26). The highest BCUT2D eigenvalue weighted by Gasteiger charge is 2.09. The minimum Gasteiger partial charge on any atom is -0.493 e. The molecule has 0 saturated carbocycles. The minimum atomic E-state index is -0.262. The van der Waals surface area contributed by atoms with Crippen LogP contribution < -0.4 is 14.8 Å². The number of rotatable bonds is 8. The van der Waals surface area contributed by atoms with Gasteiger partial charge in [0.15, 0.2) is 18.1 Å². The Bertz CT molecular complexity index is 977. The van der Waals surface area contributed by atoms with Crippen LogP contribution in [0.15, 0.2) is 60.9 Å². The van der Waals surface area contributed by atoms with Gasteiger partial charge in [-0.05, 0) is 17.7 Å². The molecular weight excluding hydrogens is 356 g/mol. The SMILES string of the molecule is COc1cc(C#N)ccc1OCC(=O)NCc1cnn(Cc2ccccc2)c1. The lowest BCUT2D eigenvalue weighted by Gasteiger charge is -2.10. The molecule has 1 aromatic heterocycles. The largest absolute Gasteiger partial charge is 0.493 e. The Labute approximate surface area is 163 Å². The van der Waals surface area contributed by atoms with Gasteiger partial charge in [0.1, 0.15) is 0 Å². The van der Waals surface area contributed by atoms with E-state index in [2.05, 4.69) is 10.4 Å². The molecule has 1 heterocycles. The average Bonchev–Trinajstić information content (AvgIpc) is 3.18. The van der Waals surface area contributed by atoms with Crippen LogP contribution in [0, 0.1) is 11.3 Å². The van der Waals surface area contributed by atoms with Gasteiger partial charge in [-0.15, -0.1) is 0 Å². The molecule has 28 heavy (non-hydrogen) atoms. The Hall–Kier alpha value is -3.79. The van der Waals surface area contributed by atoms with Gasteiger partial charge in [-0.2, -0.15) is 10.4 Å². The predicted molar refractivity (Wildman–Crippen MR) is 103 cm³/mol. The highest BCUT2D eigenvalue weighted by molar-refractivity contribution is 5.77. The van der Waals surface area contributed by atoms with E-state index < -0.39 is 0 Å². The predicted octanol–water partition coefficient (Wildman–Crippen LogP) is 2.51. The third-order valence-electron chi connectivity index (χ3n) is 4.02. The number of carbonyl (C=O) groups is 1. The smallest absolute Gasteiger partial charge is 0.258 e. The molecule has 7 nitrogen and oxygen atoms in total. The van der Waals surface area contributed by atoms with Crippen molar-refractivity contribution >= 4 is 5.91 Å². The number of amides is 1. The molecule has 0 aliphatic heterocycles. The summed E-state index contributed by atoms with van der Waals surface area (Å²) in [4.78, 5) is 12.1. The first-order chi connectivity index (χ1) is 13.7. The molecule has 142 valence electrons. The molecular formula is C21H20N4O3. The molecule has 0 bridgehead atoms. The monoisotopic (exact) mass is 376 g/mol. The maximum Gasteiger partial charge on any atom is 0.258 e. The molecule has 0 atom stereocenters.